The van der Waals surface area contributed by atoms with E-state index in [2.05, 4.69) is 10.2 Å². The fourth-order valence-electron chi connectivity index (χ4n) is 3.70. The third-order valence-electron chi connectivity index (χ3n) is 5.44. The predicted octanol–water partition coefficient (Wildman–Crippen LogP) is 4.89. The minimum absolute atomic E-state index is 0.0642. The van der Waals surface area contributed by atoms with Gasteiger partial charge in [-0.15, -0.1) is 10.2 Å². The molecule has 3 aromatic rings. The Morgan fingerprint density at radius 1 is 1.10 bits per heavy atom. The van der Waals surface area contributed by atoms with Crippen LogP contribution in [0.4, 0.5) is 27.6 Å². The van der Waals surface area contributed by atoms with E-state index in [4.69, 9.17) is 0 Å². The highest BCUT2D eigenvalue weighted by Crippen LogP contribution is 2.43. The summed E-state index contributed by atoms with van der Waals surface area (Å²) in [7, 11) is 1.48. The molecule has 0 radical (unpaired) electrons. The Labute approximate surface area is 174 Å². The smallest absolute Gasteiger partial charge is 0.318 e. The molecular formula is C21H17F5N4O. The van der Waals surface area contributed by atoms with Gasteiger partial charge in [-0.25, -0.2) is 8.78 Å². The first kappa shape index (κ1) is 21.0. The molecule has 162 valence electrons. The normalized spacial score (nSPS) is 16.9. The maximum Gasteiger partial charge on any atom is 0.416 e. The first-order valence-corrected chi connectivity index (χ1v) is 9.30. The maximum atomic E-state index is 15.5. The summed E-state index contributed by atoms with van der Waals surface area (Å²) in [5.74, 6) is -0.848. The summed E-state index contributed by atoms with van der Waals surface area (Å²) >= 11 is 0. The van der Waals surface area contributed by atoms with Crippen LogP contribution in [0, 0.1) is 0 Å². The van der Waals surface area contributed by atoms with Gasteiger partial charge in [0.2, 0.25) is 0 Å². The van der Waals surface area contributed by atoms with Crippen LogP contribution in [0.1, 0.15) is 46.0 Å². The number of aryl methyl sites for hydroxylation is 1. The summed E-state index contributed by atoms with van der Waals surface area (Å²) in [4.78, 5) is 13.9. The van der Waals surface area contributed by atoms with E-state index in [1.165, 1.54) is 54.3 Å². The number of hydrogen-bond acceptors (Lipinski definition) is 3. The van der Waals surface area contributed by atoms with E-state index in [0.29, 0.717) is 0 Å². The molecule has 1 amide bonds. The molecule has 10 heteroatoms. The number of carbonyl (C=O) groups excluding carboxylic acids is 1. The molecule has 0 bridgehead atoms. The van der Waals surface area contributed by atoms with Crippen LogP contribution in [-0.2, 0) is 25.4 Å². The van der Waals surface area contributed by atoms with Crippen molar-refractivity contribution in [2.75, 3.05) is 4.90 Å². The van der Waals surface area contributed by atoms with Gasteiger partial charge >= 0.3 is 6.18 Å². The lowest BCUT2D eigenvalue weighted by molar-refractivity contribution is -0.138. The molecule has 0 aliphatic carbocycles. The van der Waals surface area contributed by atoms with E-state index in [-0.39, 0.29) is 34.7 Å². The minimum atomic E-state index is -4.61. The molecule has 2 heterocycles. The number of hydrogen-bond donors (Lipinski definition) is 0. The van der Waals surface area contributed by atoms with E-state index < -0.39 is 29.5 Å². The number of aromatic nitrogens is 3. The van der Waals surface area contributed by atoms with Gasteiger partial charge in [-0.2, -0.15) is 13.2 Å². The molecule has 1 aliphatic rings. The van der Waals surface area contributed by atoms with E-state index >= 15 is 4.39 Å². The van der Waals surface area contributed by atoms with Gasteiger partial charge in [-0.05, 0) is 42.3 Å². The zero-order chi connectivity index (χ0) is 22.6. The number of alkyl halides is 5. The van der Waals surface area contributed by atoms with Crippen LogP contribution in [0.3, 0.4) is 0 Å². The van der Waals surface area contributed by atoms with Gasteiger partial charge in [-0.1, -0.05) is 18.2 Å². The van der Waals surface area contributed by atoms with Crippen LogP contribution in [0.25, 0.3) is 0 Å². The second-order valence-corrected chi connectivity index (χ2v) is 7.51. The van der Waals surface area contributed by atoms with Crippen molar-refractivity contribution in [1.82, 2.24) is 14.8 Å². The Kier molecular flexibility index (Phi) is 4.83. The number of nitrogens with zero attached hydrogens (tertiary/aromatic N) is 4. The maximum absolute atomic E-state index is 15.5. The number of halogens is 5. The lowest BCUT2D eigenvalue weighted by Crippen LogP contribution is -2.27. The first-order valence-electron chi connectivity index (χ1n) is 9.30. The molecule has 0 saturated carbocycles. The summed E-state index contributed by atoms with van der Waals surface area (Å²) in [6, 6.07) is 8.91. The van der Waals surface area contributed by atoms with Gasteiger partial charge < -0.3 is 9.47 Å². The SMILES string of the molecule is Cn1cnnc1[C@H](F)[C@@](C)(F)c1cccc(N2Cc3c(cccc3C(F)(F)F)C2=O)c1. The second kappa shape index (κ2) is 7.14. The van der Waals surface area contributed by atoms with Crippen molar-refractivity contribution >= 4 is 11.6 Å². The number of amides is 1. The zero-order valence-corrected chi connectivity index (χ0v) is 16.5. The molecule has 1 aromatic heterocycles. The van der Waals surface area contributed by atoms with Crippen LogP contribution >= 0.6 is 0 Å². The lowest BCUT2D eigenvalue weighted by Gasteiger charge is -2.26. The van der Waals surface area contributed by atoms with Crippen LogP contribution in [0.15, 0.2) is 48.8 Å². The minimum Gasteiger partial charge on any atom is -0.318 e. The standard InChI is InChI=1S/C21H17F5N4O/c1-20(23,17(22)18-28-27-11-29(18)2)12-5-3-6-13(9-12)30-10-15-14(19(30)31)7-4-8-16(15)21(24,25)26/h3-9,11,17H,10H2,1-2H3/t17-,20-/m0/s1. The summed E-state index contributed by atoms with van der Waals surface area (Å²) < 4.78 is 71.8. The Hall–Kier alpha value is -3.30. The highest BCUT2D eigenvalue weighted by Gasteiger charge is 2.42. The number of benzene rings is 2. The molecule has 2 aromatic carbocycles. The molecular weight excluding hydrogens is 419 g/mol. The molecule has 5 nitrogen and oxygen atoms in total. The number of anilines is 1. The Morgan fingerprint density at radius 3 is 2.45 bits per heavy atom. The topological polar surface area (TPSA) is 51.0 Å². The van der Waals surface area contributed by atoms with Crippen LogP contribution in [0.2, 0.25) is 0 Å². The Bertz CT molecular complexity index is 1150. The average molecular weight is 436 g/mol. The summed E-state index contributed by atoms with van der Waals surface area (Å²) in [5.41, 5.74) is -3.54. The van der Waals surface area contributed by atoms with Gasteiger partial charge in [0.25, 0.3) is 5.91 Å². The van der Waals surface area contributed by atoms with Gasteiger partial charge in [0.15, 0.2) is 17.7 Å². The summed E-state index contributed by atoms with van der Waals surface area (Å²) in [6.07, 6.45) is -5.52. The third-order valence-corrected chi connectivity index (χ3v) is 5.44. The lowest BCUT2D eigenvalue weighted by atomic mass is 9.92. The zero-order valence-electron chi connectivity index (χ0n) is 16.5. The van der Waals surface area contributed by atoms with Crippen molar-refractivity contribution in [3.8, 4) is 0 Å². The van der Waals surface area contributed by atoms with Gasteiger partial charge in [0.1, 0.15) is 6.33 Å². The van der Waals surface area contributed by atoms with E-state index in [9.17, 15) is 22.4 Å². The first-order chi connectivity index (χ1) is 14.5. The second-order valence-electron chi connectivity index (χ2n) is 7.51. The van der Waals surface area contributed by atoms with E-state index in [0.717, 1.165) is 17.9 Å². The Morgan fingerprint density at radius 2 is 1.81 bits per heavy atom. The van der Waals surface area contributed by atoms with Gasteiger partial charge in [0.05, 0.1) is 12.1 Å². The largest absolute Gasteiger partial charge is 0.416 e. The average Bonchev–Trinajstić information content (AvgIpc) is 3.30. The van der Waals surface area contributed by atoms with Crippen LogP contribution in [0.5, 0.6) is 0 Å². The molecule has 1 aliphatic heterocycles. The van der Waals surface area contributed by atoms with Crippen molar-refractivity contribution in [3.05, 3.63) is 76.9 Å². The molecule has 0 fully saturated rings. The fraction of sp³-hybridized carbons (Fsp3) is 0.286. The van der Waals surface area contributed by atoms with Crippen LogP contribution < -0.4 is 4.90 Å². The summed E-state index contributed by atoms with van der Waals surface area (Å²) in [5, 5.41) is 7.16. The summed E-state index contributed by atoms with van der Waals surface area (Å²) in [6.45, 7) is 0.715. The molecule has 0 saturated heterocycles. The molecule has 0 N–H and O–H groups in total. The highest BCUT2D eigenvalue weighted by molar-refractivity contribution is 6.10. The molecule has 2 atom stereocenters. The van der Waals surface area contributed by atoms with Crippen LogP contribution in [-0.4, -0.2) is 20.7 Å². The number of fused-ring (bicyclic) bond motifs is 1. The van der Waals surface area contributed by atoms with E-state index in [1.54, 1.807) is 0 Å². The Balaban J connectivity index is 1.69. The van der Waals surface area contributed by atoms with Crippen molar-refractivity contribution in [2.24, 2.45) is 7.05 Å². The predicted molar refractivity (Wildman–Crippen MR) is 102 cm³/mol. The molecule has 4 rings (SSSR count). The number of carbonyl (C=O) groups is 1. The quantitative estimate of drug-likeness (QED) is 0.548. The third kappa shape index (κ3) is 3.45. The highest BCUT2D eigenvalue weighted by atomic mass is 19.4. The van der Waals surface area contributed by atoms with Crippen molar-refractivity contribution in [1.29, 1.82) is 0 Å². The monoisotopic (exact) mass is 436 g/mol. The molecule has 0 unspecified atom stereocenters. The number of rotatable bonds is 4. The molecule has 31 heavy (non-hydrogen) atoms. The van der Waals surface area contributed by atoms with Crippen molar-refractivity contribution < 1.29 is 26.7 Å². The fourth-order valence-corrected chi connectivity index (χ4v) is 3.70. The van der Waals surface area contributed by atoms with Crippen molar-refractivity contribution in [3.63, 3.8) is 0 Å². The molecule has 0 spiro atoms. The van der Waals surface area contributed by atoms with E-state index in [1.807, 2.05) is 0 Å². The van der Waals surface area contributed by atoms with Gasteiger partial charge in [-0.3, -0.25) is 4.79 Å². The van der Waals surface area contributed by atoms with Gasteiger partial charge in [0, 0.05) is 18.3 Å². The van der Waals surface area contributed by atoms with Crippen molar-refractivity contribution in [2.45, 2.75) is 31.5 Å².